The van der Waals surface area contributed by atoms with E-state index in [1.54, 1.807) is 5.57 Å². The van der Waals surface area contributed by atoms with Crippen LogP contribution in [0.25, 0.3) is 0 Å². The summed E-state index contributed by atoms with van der Waals surface area (Å²) in [5, 5.41) is 0. The van der Waals surface area contributed by atoms with Crippen LogP contribution in [0.15, 0.2) is 11.6 Å². The fourth-order valence-electron chi connectivity index (χ4n) is 3.24. The summed E-state index contributed by atoms with van der Waals surface area (Å²) in [5.74, 6) is 1.46. The van der Waals surface area contributed by atoms with Gasteiger partial charge in [-0.1, -0.05) is 11.6 Å². The maximum absolute atomic E-state index is 5.72. The highest BCUT2D eigenvalue weighted by molar-refractivity contribution is 5.13. The minimum Gasteiger partial charge on any atom is -0.352 e. The Morgan fingerprint density at radius 3 is 2.80 bits per heavy atom. The molecule has 0 aromatic heterocycles. The summed E-state index contributed by atoms with van der Waals surface area (Å²) in [6.45, 7) is 1.77. The molecule has 0 N–H and O–H groups in total. The number of hydrogen-bond acceptors (Lipinski definition) is 2. The molecule has 2 atom stereocenters. The average molecular weight is 208 g/mol. The van der Waals surface area contributed by atoms with E-state index in [9.17, 15) is 0 Å². The largest absolute Gasteiger partial charge is 0.352 e. The van der Waals surface area contributed by atoms with Gasteiger partial charge >= 0.3 is 0 Å². The van der Waals surface area contributed by atoms with Crippen LogP contribution in [0.3, 0.4) is 0 Å². The summed E-state index contributed by atoms with van der Waals surface area (Å²) in [5.41, 5.74) is 1.67. The maximum Gasteiger partial charge on any atom is 0.163 e. The molecule has 3 rings (SSSR count). The van der Waals surface area contributed by atoms with E-state index in [0.717, 1.165) is 25.6 Å². The Morgan fingerprint density at radius 1 is 1.13 bits per heavy atom. The molecule has 0 aromatic carbocycles. The predicted molar refractivity (Wildman–Crippen MR) is 58.5 cm³/mol. The van der Waals surface area contributed by atoms with E-state index in [-0.39, 0.29) is 6.29 Å². The molecule has 84 valence electrons. The molecule has 2 nitrogen and oxygen atoms in total. The monoisotopic (exact) mass is 208 g/mol. The lowest BCUT2D eigenvalue weighted by molar-refractivity contribution is -0.200. The van der Waals surface area contributed by atoms with Crippen molar-refractivity contribution in [2.45, 2.75) is 44.8 Å². The number of fused-ring (bicyclic) bond motifs is 2. The zero-order chi connectivity index (χ0) is 10.1. The Kier molecular flexibility index (Phi) is 2.80. The van der Waals surface area contributed by atoms with Crippen LogP contribution >= 0.6 is 0 Å². The second kappa shape index (κ2) is 4.26. The lowest BCUT2D eigenvalue weighted by Gasteiger charge is -2.37. The molecule has 1 saturated carbocycles. The Balaban J connectivity index is 1.70. The SMILES string of the molecule is C1=C2CCCC(C2)CC1C1OCCCO1. The van der Waals surface area contributed by atoms with E-state index in [1.165, 1.54) is 32.1 Å². The van der Waals surface area contributed by atoms with Gasteiger partial charge in [0.2, 0.25) is 0 Å². The number of hydrogen-bond donors (Lipinski definition) is 0. The summed E-state index contributed by atoms with van der Waals surface area (Å²) in [6, 6.07) is 0. The molecular weight excluding hydrogens is 188 g/mol. The molecule has 1 aliphatic heterocycles. The normalized spacial score (nSPS) is 37.5. The summed E-state index contributed by atoms with van der Waals surface area (Å²) in [6.07, 6.45) is 10.3. The topological polar surface area (TPSA) is 18.5 Å². The highest BCUT2D eigenvalue weighted by Crippen LogP contribution is 2.40. The summed E-state index contributed by atoms with van der Waals surface area (Å²) < 4.78 is 11.4. The molecular formula is C13H20O2. The third-order valence-corrected chi connectivity index (χ3v) is 3.92. The van der Waals surface area contributed by atoms with Gasteiger partial charge in [-0.2, -0.15) is 0 Å². The third-order valence-electron chi connectivity index (χ3n) is 3.92. The molecule has 0 aromatic rings. The van der Waals surface area contributed by atoms with Crippen molar-refractivity contribution in [3.05, 3.63) is 11.6 Å². The number of ether oxygens (including phenoxy) is 2. The third kappa shape index (κ3) is 2.11. The van der Waals surface area contributed by atoms with Crippen molar-refractivity contribution < 1.29 is 9.47 Å². The Bertz CT molecular complexity index is 253. The first-order valence-electron chi connectivity index (χ1n) is 6.34. The first kappa shape index (κ1) is 9.86. The number of allylic oxidation sites excluding steroid dienone is 1. The van der Waals surface area contributed by atoms with Crippen LogP contribution in [0.1, 0.15) is 38.5 Å². The van der Waals surface area contributed by atoms with Crippen LogP contribution < -0.4 is 0 Å². The van der Waals surface area contributed by atoms with Crippen molar-refractivity contribution in [1.29, 1.82) is 0 Å². The van der Waals surface area contributed by atoms with E-state index in [0.29, 0.717) is 5.92 Å². The summed E-state index contributed by atoms with van der Waals surface area (Å²) in [4.78, 5) is 0. The quantitative estimate of drug-likeness (QED) is 0.617. The highest BCUT2D eigenvalue weighted by Gasteiger charge is 2.32. The highest BCUT2D eigenvalue weighted by atomic mass is 16.7. The van der Waals surface area contributed by atoms with Crippen molar-refractivity contribution in [2.75, 3.05) is 13.2 Å². The molecule has 2 heteroatoms. The van der Waals surface area contributed by atoms with Crippen molar-refractivity contribution in [3.8, 4) is 0 Å². The van der Waals surface area contributed by atoms with Gasteiger partial charge in [0.05, 0.1) is 13.2 Å². The molecule has 2 unspecified atom stereocenters. The first-order chi connectivity index (χ1) is 7.42. The predicted octanol–water partition coefficient (Wildman–Crippen LogP) is 2.89. The van der Waals surface area contributed by atoms with Crippen molar-refractivity contribution in [1.82, 2.24) is 0 Å². The van der Waals surface area contributed by atoms with Crippen molar-refractivity contribution in [3.63, 3.8) is 0 Å². The van der Waals surface area contributed by atoms with Crippen molar-refractivity contribution >= 4 is 0 Å². The molecule has 0 spiro atoms. The Morgan fingerprint density at radius 2 is 2.00 bits per heavy atom. The molecule has 1 heterocycles. The van der Waals surface area contributed by atoms with Gasteiger partial charge in [0.25, 0.3) is 0 Å². The van der Waals surface area contributed by atoms with Crippen LogP contribution in [0.5, 0.6) is 0 Å². The minimum atomic E-state index is 0.0645. The Labute approximate surface area is 91.6 Å². The molecule has 3 aliphatic rings. The minimum absolute atomic E-state index is 0.0645. The zero-order valence-electron chi connectivity index (χ0n) is 9.28. The second-order valence-corrected chi connectivity index (χ2v) is 5.15. The van der Waals surface area contributed by atoms with Gasteiger partial charge in [-0.25, -0.2) is 0 Å². The molecule has 2 fully saturated rings. The van der Waals surface area contributed by atoms with E-state index in [1.807, 2.05) is 0 Å². The van der Waals surface area contributed by atoms with Gasteiger partial charge in [-0.15, -0.1) is 0 Å². The van der Waals surface area contributed by atoms with Crippen LogP contribution in [0.2, 0.25) is 0 Å². The summed E-state index contributed by atoms with van der Waals surface area (Å²) in [7, 11) is 0. The van der Waals surface area contributed by atoms with Gasteiger partial charge in [0.1, 0.15) is 0 Å². The van der Waals surface area contributed by atoms with Crippen molar-refractivity contribution in [2.24, 2.45) is 11.8 Å². The summed E-state index contributed by atoms with van der Waals surface area (Å²) >= 11 is 0. The fourth-order valence-corrected chi connectivity index (χ4v) is 3.24. The standard InChI is InChI=1S/C13H20O2/c1-3-10-7-11(4-1)9-12(8-10)13-14-5-2-6-15-13/h8,11-13H,1-7,9H2. The van der Waals surface area contributed by atoms with E-state index >= 15 is 0 Å². The smallest absolute Gasteiger partial charge is 0.163 e. The second-order valence-electron chi connectivity index (χ2n) is 5.15. The first-order valence-corrected chi connectivity index (χ1v) is 6.34. The molecule has 2 bridgehead atoms. The van der Waals surface area contributed by atoms with Gasteiger partial charge < -0.3 is 9.47 Å². The lowest BCUT2D eigenvalue weighted by atomic mass is 9.74. The zero-order valence-corrected chi connectivity index (χ0v) is 9.28. The molecule has 0 radical (unpaired) electrons. The maximum atomic E-state index is 5.72. The van der Waals surface area contributed by atoms with Crippen LogP contribution in [0.4, 0.5) is 0 Å². The van der Waals surface area contributed by atoms with Gasteiger partial charge in [0, 0.05) is 5.92 Å². The van der Waals surface area contributed by atoms with Gasteiger partial charge in [0.15, 0.2) is 6.29 Å². The van der Waals surface area contributed by atoms with Crippen LogP contribution in [-0.4, -0.2) is 19.5 Å². The van der Waals surface area contributed by atoms with E-state index in [2.05, 4.69) is 6.08 Å². The van der Waals surface area contributed by atoms with Crippen LogP contribution in [-0.2, 0) is 9.47 Å². The Hall–Kier alpha value is -0.340. The molecule has 15 heavy (non-hydrogen) atoms. The average Bonchev–Trinajstić information content (AvgIpc) is 2.30. The van der Waals surface area contributed by atoms with Gasteiger partial charge in [-0.05, 0) is 44.4 Å². The van der Waals surface area contributed by atoms with E-state index in [4.69, 9.17) is 9.47 Å². The fraction of sp³-hybridized carbons (Fsp3) is 0.846. The molecule has 1 saturated heterocycles. The molecule has 0 amide bonds. The van der Waals surface area contributed by atoms with E-state index < -0.39 is 0 Å². The molecule has 2 aliphatic carbocycles. The number of rotatable bonds is 1. The lowest BCUT2D eigenvalue weighted by Crippen LogP contribution is -2.34. The van der Waals surface area contributed by atoms with Crippen LogP contribution in [0, 0.1) is 11.8 Å². The van der Waals surface area contributed by atoms with Gasteiger partial charge in [-0.3, -0.25) is 0 Å².